The van der Waals surface area contributed by atoms with Gasteiger partial charge in [-0.2, -0.15) is 13.2 Å². The second-order valence-corrected chi connectivity index (χ2v) is 8.62. The average molecular weight is 485 g/mol. The number of benzene rings is 3. The standard InChI is InChI=1S/C21H16ClF3N2O4S/c1-31-19-11-10-17(12-18(19)26-20(28)13-2-6-15(22)7-3-13)32(29,30)27-16-8-4-14(5-9-16)21(23,24)25/h2-12,27H,1H3,(H,26,28). The summed E-state index contributed by atoms with van der Waals surface area (Å²) in [6.07, 6.45) is -4.54. The summed E-state index contributed by atoms with van der Waals surface area (Å²) in [7, 11) is -2.82. The lowest BCUT2D eigenvalue weighted by molar-refractivity contribution is -0.137. The Hall–Kier alpha value is -3.24. The smallest absolute Gasteiger partial charge is 0.416 e. The van der Waals surface area contributed by atoms with E-state index in [9.17, 15) is 26.4 Å². The van der Waals surface area contributed by atoms with E-state index in [-0.39, 0.29) is 27.6 Å². The number of nitrogens with one attached hydrogen (secondary N) is 2. The van der Waals surface area contributed by atoms with Crippen LogP contribution in [0.25, 0.3) is 0 Å². The van der Waals surface area contributed by atoms with Gasteiger partial charge in [-0.1, -0.05) is 11.6 Å². The SMILES string of the molecule is COc1ccc(S(=O)(=O)Nc2ccc(C(F)(F)F)cc2)cc1NC(=O)c1ccc(Cl)cc1. The van der Waals surface area contributed by atoms with Crippen molar-refractivity contribution in [3.63, 3.8) is 0 Å². The molecular weight excluding hydrogens is 469 g/mol. The Bertz CT molecular complexity index is 1230. The molecule has 1 amide bonds. The van der Waals surface area contributed by atoms with Crippen LogP contribution in [0, 0.1) is 0 Å². The first kappa shape index (κ1) is 23.4. The van der Waals surface area contributed by atoms with Gasteiger partial charge in [0.2, 0.25) is 0 Å². The minimum atomic E-state index is -4.54. The quantitative estimate of drug-likeness (QED) is 0.489. The van der Waals surface area contributed by atoms with Crippen molar-refractivity contribution in [2.45, 2.75) is 11.1 Å². The zero-order chi connectivity index (χ0) is 23.5. The van der Waals surface area contributed by atoms with Crippen molar-refractivity contribution in [2.75, 3.05) is 17.1 Å². The first-order valence-corrected chi connectivity index (χ1v) is 10.8. The number of rotatable bonds is 6. The highest BCUT2D eigenvalue weighted by atomic mass is 35.5. The van der Waals surface area contributed by atoms with Crippen molar-refractivity contribution in [3.8, 4) is 5.75 Å². The summed E-state index contributed by atoms with van der Waals surface area (Å²) >= 11 is 5.81. The van der Waals surface area contributed by atoms with E-state index in [0.29, 0.717) is 5.02 Å². The lowest BCUT2D eigenvalue weighted by Gasteiger charge is -2.14. The summed E-state index contributed by atoms with van der Waals surface area (Å²) in [6, 6.07) is 13.4. The number of alkyl halides is 3. The second-order valence-electron chi connectivity index (χ2n) is 6.50. The molecule has 0 aliphatic rings. The van der Waals surface area contributed by atoms with Gasteiger partial charge in [-0.15, -0.1) is 0 Å². The third kappa shape index (κ3) is 5.51. The van der Waals surface area contributed by atoms with Gasteiger partial charge < -0.3 is 10.1 Å². The molecular formula is C21H16ClF3N2O4S. The molecule has 0 bridgehead atoms. The number of hydrogen-bond donors (Lipinski definition) is 2. The molecule has 168 valence electrons. The molecule has 3 aromatic carbocycles. The maximum Gasteiger partial charge on any atom is 0.416 e. The van der Waals surface area contributed by atoms with Gasteiger partial charge in [0.15, 0.2) is 0 Å². The van der Waals surface area contributed by atoms with Crippen molar-refractivity contribution in [1.82, 2.24) is 0 Å². The Labute approximate surface area is 187 Å². The molecule has 0 unspecified atom stereocenters. The van der Waals surface area contributed by atoms with Crippen LogP contribution in [0.2, 0.25) is 5.02 Å². The first-order chi connectivity index (χ1) is 15.0. The van der Waals surface area contributed by atoms with Crippen molar-refractivity contribution in [2.24, 2.45) is 0 Å². The van der Waals surface area contributed by atoms with Crippen LogP contribution in [-0.2, 0) is 16.2 Å². The fourth-order valence-electron chi connectivity index (χ4n) is 2.69. The van der Waals surface area contributed by atoms with Crippen molar-refractivity contribution < 1.29 is 31.1 Å². The fraction of sp³-hybridized carbons (Fsp3) is 0.0952. The van der Waals surface area contributed by atoms with E-state index in [1.807, 2.05) is 0 Å². The van der Waals surface area contributed by atoms with E-state index >= 15 is 0 Å². The van der Waals surface area contributed by atoms with Gasteiger partial charge in [0.1, 0.15) is 5.75 Å². The maximum absolute atomic E-state index is 12.7. The molecule has 0 aliphatic carbocycles. The van der Waals surface area contributed by atoms with Crippen LogP contribution in [0.5, 0.6) is 5.75 Å². The number of carbonyl (C=O) groups excluding carboxylic acids is 1. The van der Waals surface area contributed by atoms with Gasteiger partial charge in [0, 0.05) is 16.3 Å². The van der Waals surface area contributed by atoms with Crippen LogP contribution in [-0.4, -0.2) is 21.4 Å². The molecule has 11 heteroatoms. The number of sulfonamides is 1. The molecule has 0 fully saturated rings. The lowest BCUT2D eigenvalue weighted by Crippen LogP contribution is -2.16. The molecule has 6 nitrogen and oxygen atoms in total. The van der Waals surface area contributed by atoms with Crippen LogP contribution in [0.15, 0.2) is 71.6 Å². The third-order valence-corrected chi connectivity index (χ3v) is 5.93. The predicted molar refractivity (Wildman–Crippen MR) is 115 cm³/mol. The van der Waals surface area contributed by atoms with Crippen LogP contribution in [0.3, 0.4) is 0 Å². The Morgan fingerprint density at radius 1 is 0.969 bits per heavy atom. The minimum absolute atomic E-state index is 0.0550. The van der Waals surface area contributed by atoms with E-state index in [1.54, 1.807) is 0 Å². The molecule has 0 aliphatic heterocycles. The molecule has 0 aromatic heterocycles. The number of ether oxygens (including phenoxy) is 1. The van der Waals surface area contributed by atoms with Crippen molar-refractivity contribution in [3.05, 3.63) is 82.9 Å². The van der Waals surface area contributed by atoms with Gasteiger partial charge in [-0.3, -0.25) is 9.52 Å². The van der Waals surface area contributed by atoms with Crippen LogP contribution < -0.4 is 14.8 Å². The number of anilines is 2. The molecule has 0 spiro atoms. The molecule has 3 rings (SSSR count). The highest BCUT2D eigenvalue weighted by Crippen LogP contribution is 2.31. The lowest BCUT2D eigenvalue weighted by atomic mass is 10.2. The number of hydrogen-bond acceptors (Lipinski definition) is 4. The van der Waals surface area contributed by atoms with E-state index in [0.717, 1.165) is 24.3 Å². The van der Waals surface area contributed by atoms with Crippen LogP contribution >= 0.6 is 11.6 Å². The molecule has 2 N–H and O–H groups in total. The molecule has 0 radical (unpaired) electrons. The summed E-state index contributed by atoms with van der Waals surface area (Å²) in [5.41, 5.74) is -0.590. The van der Waals surface area contributed by atoms with Gasteiger partial charge in [-0.25, -0.2) is 8.42 Å². The largest absolute Gasteiger partial charge is 0.495 e. The number of amides is 1. The fourth-order valence-corrected chi connectivity index (χ4v) is 3.90. The molecule has 0 atom stereocenters. The number of halogens is 4. The van der Waals surface area contributed by atoms with Gasteiger partial charge >= 0.3 is 6.18 Å². The Morgan fingerprint density at radius 3 is 2.16 bits per heavy atom. The second kappa shape index (κ2) is 9.09. The average Bonchev–Trinajstić information content (AvgIpc) is 2.73. The number of carbonyl (C=O) groups is 1. The molecule has 32 heavy (non-hydrogen) atoms. The zero-order valence-electron chi connectivity index (χ0n) is 16.4. The Balaban J connectivity index is 1.85. The number of methoxy groups -OCH3 is 1. The highest BCUT2D eigenvalue weighted by molar-refractivity contribution is 7.92. The van der Waals surface area contributed by atoms with Crippen molar-refractivity contribution in [1.29, 1.82) is 0 Å². The summed E-state index contributed by atoms with van der Waals surface area (Å²) in [4.78, 5) is 12.3. The molecule has 0 saturated carbocycles. The Morgan fingerprint density at radius 2 is 1.59 bits per heavy atom. The summed E-state index contributed by atoms with van der Waals surface area (Å²) in [5, 5.41) is 3.02. The summed E-state index contributed by atoms with van der Waals surface area (Å²) in [5.74, 6) is -0.314. The Kier molecular flexibility index (Phi) is 6.65. The predicted octanol–water partition coefficient (Wildman–Crippen LogP) is 5.42. The highest BCUT2D eigenvalue weighted by Gasteiger charge is 2.30. The minimum Gasteiger partial charge on any atom is -0.495 e. The molecule has 3 aromatic rings. The van der Waals surface area contributed by atoms with E-state index in [2.05, 4.69) is 10.0 Å². The van der Waals surface area contributed by atoms with Crippen molar-refractivity contribution >= 4 is 38.9 Å². The molecule has 0 saturated heterocycles. The molecule has 0 heterocycles. The van der Waals surface area contributed by atoms with Gasteiger partial charge in [0.25, 0.3) is 15.9 Å². The first-order valence-electron chi connectivity index (χ1n) is 8.94. The normalized spacial score (nSPS) is 11.7. The van der Waals surface area contributed by atoms with E-state index < -0.39 is 27.7 Å². The third-order valence-electron chi connectivity index (χ3n) is 4.30. The van der Waals surface area contributed by atoms with E-state index in [1.165, 1.54) is 49.6 Å². The topological polar surface area (TPSA) is 84.5 Å². The monoisotopic (exact) mass is 484 g/mol. The maximum atomic E-state index is 12.7. The van der Waals surface area contributed by atoms with Crippen LogP contribution in [0.4, 0.5) is 24.5 Å². The van der Waals surface area contributed by atoms with E-state index in [4.69, 9.17) is 16.3 Å². The van der Waals surface area contributed by atoms with Gasteiger partial charge in [-0.05, 0) is 66.7 Å². The van der Waals surface area contributed by atoms with Gasteiger partial charge in [0.05, 0.1) is 23.3 Å². The summed E-state index contributed by atoms with van der Waals surface area (Å²) in [6.45, 7) is 0. The van der Waals surface area contributed by atoms with Crippen LogP contribution in [0.1, 0.15) is 15.9 Å². The zero-order valence-corrected chi connectivity index (χ0v) is 18.0. The summed E-state index contributed by atoms with van der Waals surface area (Å²) < 4.78 is 70.9.